The van der Waals surface area contributed by atoms with Crippen molar-refractivity contribution in [1.82, 2.24) is 4.90 Å². The summed E-state index contributed by atoms with van der Waals surface area (Å²) in [5, 5.41) is 0. The number of rotatable bonds is 3. The summed E-state index contributed by atoms with van der Waals surface area (Å²) in [6, 6.07) is 20.4. The van der Waals surface area contributed by atoms with Gasteiger partial charge in [0, 0.05) is 12.6 Å². The van der Waals surface area contributed by atoms with Crippen molar-refractivity contribution in [3.63, 3.8) is 0 Å². The molecule has 0 spiro atoms. The topological polar surface area (TPSA) is 3.24 Å². The van der Waals surface area contributed by atoms with Crippen molar-refractivity contribution in [3.8, 4) is 0 Å². The highest BCUT2D eigenvalue weighted by molar-refractivity contribution is 5.26. The minimum absolute atomic E-state index is 0.597. The first kappa shape index (κ1) is 12.4. The van der Waals surface area contributed by atoms with Crippen molar-refractivity contribution >= 4 is 0 Å². The van der Waals surface area contributed by atoms with Gasteiger partial charge < -0.3 is 0 Å². The number of aryl methyl sites for hydroxylation is 1. The van der Waals surface area contributed by atoms with E-state index in [4.69, 9.17) is 0 Å². The van der Waals surface area contributed by atoms with E-state index < -0.39 is 0 Å². The molecule has 0 amide bonds. The van der Waals surface area contributed by atoms with Crippen LogP contribution in [0.1, 0.15) is 35.6 Å². The molecule has 1 aliphatic rings. The monoisotopic (exact) mass is 251 g/mol. The second-order valence-electron chi connectivity index (χ2n) is 5.53. The van der Waals surface area contributed by atoms with E-state index in [1.165, 1.54) is 36.1 Å². The Bertz CT molecular complexity index is 532. The lowest BCUT2D eigenvalue weighted by Gasteiger charge is -2.25. The Morgan fingerprint density at radius 1 is 1.05 bits per heavy atom. The Balaban J connectivity index is 1.78. The molecule has 3 rings (SSSR count). The van der Waals surface area contributed by atoms with E-state index >= 15 is 0 Å². The maximum atomic E-state index is 2.62. The molecule has 0 radical (unpaired) electrons. The standard InChI is InChI=1S/C18H21N/c1-15-7-5-10-17(13-15)18-11-6-12-19(18)14-16-8-3-2-4-9-16/h2-5,7-10,13,18H,6,11-12,14H2,1H3. The zero-order chi connectivity index (χ0) is 13.1. The SMILES string of the molecule is Cc1cccc(C2CCCN2Cc2ccccc2)c1. The lowest BCUT2D eigenvalue weighted by atomic mass is 10.0. The molecule has 1 heterocycles. The van der Waals surface area contributed by atoms with Crippen LogP contribution in [0.5, 0.6) is 0 Å². The fraction of sp³-hybridized carbons (Fsp3) is 0.333. The van der Waals surface area contributed by atoms with Gasteiger partial charge in [0.2, 0.25) is 0 Å². The second kappa shape index (κ2) is 5.58. The van der Waals surface area contributed by atoms with Gasteiger partial charge in [-0.2, -0.15) is 0 Å². The predicted octanol–water partition coefficient (Wildman–Crippen LogP) is 4.33. The van der Waals surface area contributed by atoms with Crippen molar-refractivity contribution in [3.05, 3.63) is 71.3 Å². The summed E-state index contributed by atoms with van der Waals surface area (Å²) in [5.41, 5.74) is 4.26. The third-order valence-corrected chi connectivity index (χ3v) is 4.02. The summed E-state index contributed by atoms with van der Waals surface area (Å²) in [5.74, 6) is 0. The quantitative estimate of drug-likeness (QED) is 0.784. The second-order valence-corrected chi connectivity index (χ2v) is 5.53. The smallest absolute Gasteiger partial charge is 0.0352 e. The molecular weight excluding hydrogens is 230 g/mol. The Kier molecular flexibility index (Phi) is 3.65. The third kappa shape index (κ3) is 2.87. The van der Waals surface area contributed by atoms with E-state index in [1.54, 1.807) is 0 Å². The van der Waals surface area contributed by atoms with Gasteiger partial charge in [-0.15, -0.1) is 0 Å². The van der Waals surface area contributed by atoms with E-state index in [1.807, 2.05) is 0 Å². The van der Waals surface area contributed by atoms with Gasteiger partial charge in [-0.3, -0.25) is 4.90 Å². The summed E-state index contributed by atoms with van der Waals surface area (Å²) >= 11 is 0. The van der Waals surface area contributed by atoms with Crippen LogP contribution < -0.4 is 0 Å². The van der Waals surface area contributed by atoms with Crippen LogP contribution in [0.2, 0.25) is 0 Å². The van der Waals surface area contributed by atoms with Crippen LogP contribution in [-0.2, 0) is 6.54 Å². The molecule has 1 aliphatic heterocycles. The number of hydrogen-bond acceptors (Lipinski definition) is 1. The number of hydrogen-bond donors (Lipinski definition) is 0. The van der Waals surface area contributed by atoms with Crippen molar-refractivity contribution in [2.75, 3.05) is 6.54 Å². The summed E-state index contributed by atoms with van der Waals surface area (Å²) in [4.78, 5) is 2.62. The molecule has 1 unspecified atom stereocenters. The largest absolute Gasteiger partial charge is 0.292 e. The Morgan fingerprint density at radius 3 is 2.68 bits per heavy atom. The van der Waals surface area contributed by atoms with E-state index in [9.17, 15) is 0 Å². The van der Waals surface area contributed by atoms with Gasteiger partial charge in [-0.25, -0.2) is 0 Å². The van der Waals surface area contributed by atoms with Crippen LogP contribution in [0, 0.1) is 6.92 Å². The molecule has 1 saturated heterocycles. The normalized spacial score (nSPS) is 19.7. The summed E-state index contributed by atoms with van der Waals surface area (Å²) in [6.07, 6.45) is 2.60. The first-order valence-corrected chi connectivity index (χ1v) is 7.17. The van der Waals surface area contributed by atoms with Crippen molar-refractivity contribution in [2.24, 2.45) is 0 Å². The average Bonchev–Trinajstić information content (AvgIpc) is 2.88. The van der Waals surface area contributed by atoms with Gasteiger partial charge >= 0.3 is 0 Å². The Labute approximate surface area is 115 Å². The Morgan fingerprint density at radius 2 is 1.89 bits per heavy atom. The molecule has 1 atom stereocenters. The lowest BCUT2D eigenvalue weighted by molar-refractivity contribution is 0.248. The highest BCUT2D eigenvalue weighted by atomic mass is 15.2. The van der Waals surface area contributed by atoms with Gasteiger partial charge in [0.15, 0.2) is 0 Å². The van der Waals surface area contributed by atoms with Crippen LogP contribution in [-0.4, -0.2) is 11.4 Å². The van der Waals surface area contributed by atoms with Crippen LogP contribution in [0.4, 0.5) is 0 Å². The van der Waals surface area contributed by atoms with Gasteiger partial charge in [-0.05, 0) is 37.4 Å². The van der Waals surface area contributed by atoms with Crippen LogP contribution in [0.3, 0.4) is 0 Å². The summed E-state index contributed by atoms with van der Waals surface area (Å²) in [7, 11) is 0. The third-order valence-electron chi connectivity index (χ3n) is 4.02. The van der Waals surface area contributed by atoms with Crippen LogP contribution in [0.25, 0.3) is 0 Å². The van der Waals surface area contributed by atoms with Crippen molar-refractivity contribution in [2.45, 2.75) is 32.4 Å². The zero-order valence-corrected chi connectivity index (χ0v) is 11.5. The molecule has 2 aromatic carbocycles. The highest BCUT2D eigenvalue weighted by Crippen LogP contribution is 2.33. The molecule has 0 aliphatic carbocycles. The van der Waals surface area contributed by atoms with E-state index in [0.29, 0.717) is 6.04 Å². The predicted molar refractivity (Wildman–Crippen MR) is 80.0 cm³/mol. The minimum Gasteiger partial charge on any atom is -0.292 e. The van der Waals surface area contributed by atoms with Crippen LogP contribution in [0.15, 0.2) is 54.6 Å². The molecule has 1 fully saturated rings. The van der Waals surface area contributed by atoms with E-state index in [0.717, 1.165) is 6.54 Å². The number of benzene rings is 2. The summed E-state index contributed by atoms with van der Waals surface area (Å²) < 4.78 is 0. The molecule has 19 heavy (non-hydrogen) atoms. The molecule has 0 saturated carbocycles. The highest BCUT2D eigenvalue weighted by Gasteiger charge is 2.25. The van der Waals surface area contributed by atoms with Crippen molar-refractivity contribution < 1.29 is 0 Å². The Hall–Kier alpha value is -1.60. The number of likely N-dealkylation sites (tertiary alicyclic amines) is 1. The molecule has 0 bridgehead atoms. The molecule has 1 heteroatoms. The fourth-order valence-electron chi connectivity index (χ4n) is 3.09. The summed E-state index contributed by atoms with van der Waals surface area (Å²) in [6.45, 7) is 4.47. The molecule has 1 nitrogen and oxygen atoms in total. The molecule has 0 N–H and O–H groups in total. The first-order valence-electron chi connectivity index (χ1n) is 7.17. The van der Waals surface area contributed by atoms with E-state index in [-0.39, 0.29) is 0 Å². The van der Waals surface area contributed by atoms with Gasteiger partial charge in [-0.1, -0.05) is 60.2 Å². The average molecular weight is 251 g/mol. The van der Waals surface area contributed by atoms with E-state index in [2.05, 4.69) is 66.4 Å². The zero-order valence-electron chi connectivity index (χ0n) is 11.5. The maximum Gasteiger partial charge on any atom is 0.0352 e. The van der Waals surface area contributed by atoms with Crippen LogP contribution >= 0.6 is 0 Å². The van der Waals surface area contributed by atoms with Gasteiger partial charge in [0.05, 0.1) is 0 Å². The molecule has 0 aromatic heterocycles. The molecule has 2 aromatic rings. The molecule has 98 valence electrons. The minimum atomic E-state index is 0.597. The van der Waals surface area contributed by atoms with Gasteiger partial charge in [0.25, 0.3) is 0 Å². The van der Waals surface area contributed by atoms with Crippen molar-refractivity contribution in [1.29, 1.82) is 0 Å². The lowest BCUT2D eigenvalue weighted by Crippen LogP contribution is -2.22. The maximum absolute atomic E-state index is 2.62. The number of nitrogens with zero attached hydrogens (tertiary/aromatic N) is 1. The van der Waals surface area contributed by atoms with Gasteiger partial charge in [0.1, 0.15) is 0 Å². The first-order chi connectivity index (χ1) is 9.33. The molecular formula is C18H21N. The fourth-order valence-corrected chi connectivity index (χ4v) is 3.09.